The molecule has 27 heavy (non-hydrogen) atoms. The number of aromatic nitrogens is 5. The number of H-pyrrole nitrogens is 1. The lowest BCUT2D eigenvalue weighted by Crippen LogP contribution is -2.04. The number of aromatic amines is 1. The summed E-state index contributed by atoms with van der Waals surface area (Å²) in [6, 6.07) is 5.98. The molecule has 0 fully saturated rings. The molecule has 4 aromatic rings. The maximum Gasteiger partial charge on any atom is 0.181 e. The standard InChI is InChI=1S/C17H13F2N7S/c1-27-26-11-5-4-10(18)14(12(11)19)25-16-9(3-2-6-20-16)13-15-17(23-7-21-13)24-8-22-15/h2-8,26H,1H3,(H,20,25)(H,21,22,23,24). The Morgan fingerprint density at radius 2 is 1.96 bits per heavy atom. The number of imidazole rings is 1. The fraction of sp³-hybridized carbons (Fsp3) is 0.0588. The first-order valence-electron chi connectivity index (χ1n) is 7.82. The van der Waals surface area contributed by atoms with Gasteiger partial charge in [-0.2, -0.15) is 0 Å². The van der Waals surface area contributed by atoms with E-state index in [9.17, 15) is 8.78 Å². The highest BCUT2D eigenvalue weighted by Gasteiger charge is 2.18. The van der Waals surface area contributed by atoms with Crippen LogP contribution in [0.3, 0.4) is 0 Å². The monoisotopic (exact) mass is 385 g/mol. The van der Waals surface area contributed by atoms with Crippen molar-refractivity contribution in [2.24, 2.45) is 0 Å². The van der Waals surface area contributed by atoms with Crippen LogP contribution in [-0.2, 0) is 0 Å². The van der Waals surface area contributed by atoms with Gasteiger partial charge in [0.15, 0.2) is 11.5 Å². The SMILES string of the molecule is CSNc1ccc(F)c(Nc2ncccc2-c2ncnc3nc[nH]c23)c1F. The van der Waals surface area contributed by atoms with Crippen LogP contribution in [0, 0.1) is 11.6 Å². The van der Waals surface area contributed by atoms with Crippen LogP contribution in [0.25, 0.3) is 22.4 Å². The van der Waals surface area contributed by atoms with E-state index in [0.717, 1.165) is 0 Å². The number of benzene rings is 1. The largest absolute Gasteiger partial charge is 0.341 e. The van der Waals surface area contributed by atoms with Gasteiger partial charge in [0.05, 0.1) is 12.0 Å². The molecule has 0 amide bonds. The van der Waals surface area contributed by atoms with Crippen molar-refractivity contribution in [3.8, 4) is 11.3 Å². The van der Waals surface area contributed by atoms with Crippen LogP contribution in [0.5, 0.6) is 0 Å². The lowest BCUT2D eigenvalue weighted by Gasteiger charge is -2.14. The van der Waals surface area contributed by atoms with Gasteiger partial charge in [0.25, 0.3) is 0 Å². The zero-order valence-electron chi connectivity index (χ0n) is 14.0. The van der Waals surface area contributed by atoms with Gasteiger partial charge in [0, 0.05) is 18.0 Å². The average Bonchev–Trinajstić information content (AvgIpc) is 3.17. The molecule has 10 heteroatoms. The highest BCUT2D eigenvalue weighted by atomic mass is 32.2. The lowest BCUT2D eigenvalue weighted by atomic mass is 10.1. The molecule has 1 aromatic carbocycles. The quantitative estimate of drug-likeness (QED) is 0.445. The van der Waals surface area contributed by atoms with E-state index in [2.05, 4.69) is 35.0 Å². The predicted molar refractivity (Wildman–Crippen MR) is 102 cm³/mol. The first kappa shape index (κ1) is 17.2. The average molecular weight is 385 g/mol. The van der Waals surface area contributed by atoms with E-state index >= 15 is 0 Å². The molecule has 0 aliphatic heterocycles. The molecule has 3 N–H and O–H groups in total. The molecule has 7 nitrogen and oxygen atoms in total. The van der Waals surface area contributed by atoms with Crippen molar-refractivity contribution in [2.75, 3.05) is 16.3 Å². The second-order valence-electron chi connectivity index (χ2n) is 5.44. The first-order chi connectivity index (χ1) is 13.2. The molecule has 136 valence electrons. The van der Waals surface area contributed by atoms with Gasteiger partial charge < -0.3 is 15.0 Å². The molecule has 0 radical (unpaired) electrons. The summed E-state index contributed by atoms with van der Waals surface area (Å²) in [4.78, 5) is 19.7. The van der Waals surface area contributed by atoms with Crippen molar-refractivity contribution in [3.63, 3.8) is 0 Å². The summed E-state index contributed by atoms with van der Waals surface area (Å²) in [7, 11) is 0. The molecule has 4 rings (SSSR count). The fourth-order valence-corrected chi connectivity index (χ4v) is 3.02. The minimum atomic E-state index is -0.740. The van der Waals surface area contributed by atoms with Gasteiger partial charge in [-0.1, -0.05) is 11.9 Å². The summed E-state index contributed by atoms with van der Waals surface area (Å²) in [5.41, 5.74) is 2.03. The third-order valence-electron chi connectivity index (χ3n) is 3.83. The Morgan fingerprint density at radius 3 is 2.81 bits per heavy atom. The Bertz CT molecular complexity index is 1120. The molecule has 0 atom stereocenters. The Morgan fingerprint density at radius 1 is 1.07 bits per heavy atom. The molecule has 0 bridgehead atoms. The van der Waals surface area contributed by atoms with Crippen LogP contribution < -0.4 is 10.0 Å². The van der Waals surface area contributed by atoms with E-state index in [4.69, 9.17) is 0 Å². The van der Waals surface area contributed by atoms with E-state index in [1.54, 1.807) is 18.4 Å². The van der Waals surface area contributed by atoms with Crippen molar-refractivity contribution in [3.05, 3.63) is 54.8 Å². The van der Waals surface area contributed by atoms with Crippen LogP contribution in [0.1, 0.15) is 0 Å². The number of hydrogen-bond donors (Lipinski definition) is 3. The third-order valence-corrected chi connectivity index (χ3v) is 4.26. The van der Waals surface area contributed by atoms with Gasteiger partial charge >= 0.3 is 0 Å². The van der Waals surface area contributed by atoms with Crippen molar-refractivity contribution >= 4 is 40.3 Å². The minimum absolute atomic E-state index is 0.168. The molecular weight excluding hydrogens is 372 g/mol. The van der Waals surface area contributed by atoms with Gasteiger partial charge in [-0.05, 0) is 24.3 Å². The minimum Gasteiger partial charge on any atom is -0.341 e. The molecule has 0 aliphatic rings. The molecule has 3 aromatic heterocycles. The number of hydrogen-bond acceptors (Lipinski definition) is 7. The summed E-state index contributed by atoms with van der Waals surface area (Å²) < 4.78 is 31.8. The van der Waals surface area contributed by atoms with Crippen LogP contribution >= 0.6 is 11.9 Å². The summed E-state index contributed by atoms with van der Waals surface area (Å²) >= 11 is 1.21. The summed E-state index contributed by atoms with van der Waals surface area (Å²) in [6.45, 7) is 0. The van der Waals surface area contributed by atoms with E-state index in [1.807, 2.05) is 0 Å². The highest BCUT2D eigenvalue weighted by molar-refractivity contribution is 7.99. The number of halogens is 2. The van der Waals surface area contributed by atoms with Gasteiger partial charge in [0.2, 0.25) is 0 Å². The summed E-state index contributed by atoms with van der Waals surface area (Å²) in [6.07, 6.45) is 6.15. The Labute approximate surface area is 156 Å². The Kier molecular flexibility index (Phi) is 4.55. The maximum absolute atomic E-state index is 14.7. The smallest absolute Gasteiger partial charge is 0.181 e. The second kappa shape index (κ2) is 7.16. The summed E-state index contributed by atoms with van der Waals surface area (Å²) in [5, 5.41) is 2.76. The lowest BCUT2D eigenvalue weighted by molar-refractivity contribution is 0.593. The van der Waals surface area contributed by atoms with E-state index in [1.165, 1.54) is 42.9 Å². The van der Waals surface area contributed by atoms with Crippen LogP contribution in [0.15, 0.2) is 43.1 Å². The number of fused-ring (bicyclic) bond motifs is 1. The number of nitrogens with zero attached hydrogens (tertiary/aromatic N) is 4. The first-order valence-corrected chi connectivity index (χ1v) is 9.05. The topological polar surface area (TPSA) is 91.4 Å². The Balaban J connectivity index is 1.82. The molecule has 0 saturated heterocycles. The second-order valence-corrected chi connectivity index (χ2v) is 6.05. The number of nitrogens with one attached hydrogen (secondary N) is 3. The Hall–Kier alpha value is -3.27. The molecular formula is C17H13F2N7S. The van der Waals surface area contributed by atoms with E-state index in [-0.39, 0.29) is 17.2 Å². The summed E-state index contributed by atoms with van der Waals surface area (Å²) in [5.74, 6) is -1.22. The molecule has 0 aliphatic carbocycles. The van der Waals surface area contributed by atoms with Gasteiger partial charge in [-0.3, -0.25) is 0 Å². The van der Waals surface area contributed by atoms with Crippen LogP contribution in [0.2, 0.25) is 0 Å². The molecule has 0 unspecified atom stereocenters. The normalized spacial score (nSPS) is 10.9. The van der Waals surface area contributed by atoms with Crippen molar-refractivity contribution in [2.45, 2.75) is 0 Å². The van der Waals surface area contributed by atoms with E-state index < -0.39 is 11.6 Å². The predicted octanol–water partition coefficient (Wildman–Crippen LogP) is 4.13. The molecule has 0 spiro atoms. The van der Waals surface area contributed by atoms with Crippen molar-refractivity contribution in [1.82, 2.24) is 24.9 Å². The number of rotatable bonds is 5. The highest BCUT2D eigenvalue weighted by Crippen LogP contribution is 2.34. The zero-order chi connectivity index (χ0) is 18.8. The van der Waals surface area contributed by atoms with Crippen molar-refractivity contribution < 1.29 is 8.78 Å². The van der Waals surface area contributed by atoms with Crippen molar-refractivity contribution in [1.29, 1.82) is 0 Å². The zero-order valence-corrected chi connectivity index (χ0v) is 14.8. The van der Waals surface area contributed by atoms with Gasteiger partial charge in [0.1, 0.15) is 34.9 Å². The number of pyridine rings is 1. The number of anilines is 3. The molecule has 0 saturated carbocycles. The maximum atomic E-state index is 14.7. The van der Waals surface area contributed by atoms with Crippen LogP contribution in [-0.4, -0.2) is 31.2 Å². The van der Waals surface area contributed by atoms with Gasteiger partial charge in [-0.15, -0.1) is 0 Å². The molecule has 3 heterocycles. The fourth-order valence-electron chi connectivity index (χ4n) is 2.64. The van der Waals surface area contributed by atoms with Gasteiger partial charge in [-0.25, -0.2) is 28.7 Å². The third kappa shape index (κ3) is 3.14. The van der Waals surface area contributed by atoms with Crippen LogP contribution in [0.4, 0.5) is 26.0 Å². The van der Waals surface area contributed by atoms with E-state index in [0.29, 0.717) is 22.4 Å².